The first-order valence-electron chi connectivity index (χ1n) is 12.2. The first-order valence-corrected chi connectivity index (χ1v) is 14.8. The Labute approximate surface area is 281 Å². The van der Waals surface area contributed by atoms with Gasteiger partial charge >= 0.3 is 38.6 Å². The van der Waals surface area contributed by atoms with Gasteiger partial charge in [-0.3, -0.25) is 0 Å². The Kier molecular flexibility index (Phi) is 12.8. The Hall–Kier alpha value is -3.43. The molecule has 0 aliphatic rings. The third-order valence-corrected chi connectivity index (χ3v) is 7.87. The zero-order valence-corrected chi connectivity index (χ0v) is 27.3. The third-order valence-electron chi connectivity index (χ3n) is 5.36. The molecule has 0 atom stereocenters. The topological polar surface area (TPSA) is 38.7 Å². The fourth-order valence-electron chi connectivity index (χ4n) is 3.33. The van der Waals surface area contributed by atoms with Crippen LogP contribution in [0.15, 0.2) is 89.3 Å². The Morgan fingerprint density at radius 1 is 0.457 bits per heavy atom. The van der Waals surface area contributed by atoms with Crippen LogP contribution in [0.4, 0.5) is 39.5 Å². The van der Waals surface area contributed by atoms with E-state index in [2.05, 4.69) is 33.2 Å². The number of hydrogen-bond donors (Lipinski definition) is 0. The molecule has 0 amide bonds. The van der Waals surface area contributed by atoms with Crippen LogP contribution in [0.5, 0.6) is 0 Å². The molecule has 6 rings (SSSR count). The largest absolute Gasteiger partial charge is 3.00 e. The Morgan fingerprint density at radius 2 is 0.717 bits per heavy atom. The second-order valence-electron chi connectivity index (χ2n) is 8.46. The summed E-state index contributed by atoms with van der Waals surface area (Å²) in [5.74, 6) is 0. The van der Waals surface area contributed by atoms with E-state index < -0.39 is 35.2 Å². The number of aromatic nitrogens is 3. The minimum absolute atomic E-state index is 0. The van der Waals surface area contributed by atoms with E-state index in [0.29, 0.717) is 31.7 Å². The molecule has 0 N–H and O–H groups in total. The Bertz CT molecular complexity index is 1560. The number of alkyl halides is 9. The molecule has 0 aromatic carbocycles. The number of thiophene rings is 3. The molecule has 0 radical (unpaired) electrons. The summed E-state index contributed by atoms with van der Waals surface area (Å²) in [5, 5.41) is 5.24. The van der Waals surface area contributed by atoms with Crippen LogP contribution in [0.1, 0.15) is 16.7 Å². The van der Waals surface area contributed by atoms with E-state index in [1.807, 2.05) is 0 Å². The van der Waals surface area contributed by atoms with Crippen molar-refractivity contribution in [1.29, 1.82) is 0 Å². The Balaban J connectivity index is 0.000000186. The van der Waals surface area contributed by atoms with Crippen molar-refractivity contribution in [2.45, 2.75) is 18.5 Å². The summed E-state index contributed by atoms with van der Waals surface area (Å²) in [6.45, 7) is 0. The van der Waals surface area contributed by atoms with Gasteiger partial charge in [0.15, 0.2) is 0 Å². The quantitative estimate of drug-likeness (QED) is 0.131. The van der Waals surface area contributed by atoms with Crippen LogP contribution in [0.3, 0.4) is 0 Å². The first kappa shape index (κ1) is 37.0. The van der Waals surface area contributed by atoms with E-state index in [4.69, 9.17) is 0 Å². The van der Waals surface area contributed by atoms with Crippen LogP contribution in [-0.4, -0.2) is 15.0 Å². The number of nitrogens with zero attached hydrogens (tertiary/aromatic N) is 3. The van der Waals surface area contributed by atoms with Gasteiger partial charge < -0.3 is 15.0 Å². The first-order chi connectivity index (χ1) is 21.2. The van der Waals surface area contributed by atoms with Crippen LogP contribution in [0, 0.1) is 18.2 Å². The number of rotatable bonds is 3. The van der Waals surface area contributed by atoms with Crippen molar-refractivity contribution in [3.05, 3.63) is 124 Å². The minimum atomic E-state index is -4.32. The van der Waals surface area contributed by atoms with Crippen molar-refractivity contribution in [2.24, 2.45) is 0 Å². The minimum Gasteiger partial charge on any atom is -0.319 e. The van der Waals surface area contributed by atoms with Crippen LogP contribution >= 0.6 is 34.0 Å². The van der Waals surface area contributed by atoms with Crippen LogP contribution in [-0.2, 0) is 38.6 Å². The molecule has 16 heteroatoms. The second-order valence-corrected chi connectivity index (χ2v) is 11.2. The van der Waals surface area contributed by atoms with Gasteiger partial charge in [-0.25, -0.2) is 34.0 Å². The van der Waals surface area contributed by atoms with E-state index in [1.165, 1.54) is 34.0 Å². The molecule has 0 aliphatic carbocycles. The molecule has 0 fully saturated rings. The van der Waals surface area contributed by atoms with Crippen molar-refractivity contribution >= 4 is 34.0 Å². The molecule has 0 aliphatic heterocycles. The molecule has 0 spiro atoms. The van der Waals surface area contributed by atoms with Crippen molar-refractivity contribution in [2.75, 3.05) is 0 Å². The molecule has 0 saturated heterocycles. The maximum atomic E-state index is 12.4. The predicted molar refractivity (Wildman–Crippen MR) is 154 cm³/mol. The van der Waals surface area contributed by atoms with Gasteiger partial charge in [-0.1, -0.05) is 32.8 Å². The van der Waals surface area contributed by atoms with Gasteiger partial charge in [0.2, 0.25) is 0 Å². The summed E-state index contributed by atoms with van der Waals surface area (Å²) in [4.78, 5) is 13.5. The molecule has 0 unspecified atom stereocenters. The molecule has 0 saturated carbocycles. The van der Waals surface area contributed by atoms with E-state index in [1.54, 1.807) is 34.3 Å². The average Bonchev–Trinajstić information content (AvgIpc) is 3.81. The van der Waals surface area contributed by atoms with Crippen molar-refractivity contribution in [3.8, 4) is 31.7 Å². The molecule has 46 heavy (non-hydrogen) atoms. The van der Waals surface area contributed by atoms with Gasteiger partial charge in [-0.15, -0.1) is 16.1 Å². The monoisotopic (exact) mass is 877 g/mol. The second kappa shape index (κ2) is 15.9. The smallest absolute Gasteiger partial charge is 0.319 e. The summed E-state index contributed by atoms with van der Waals surface area (Å²) < 4.78 is 111. The number of pyridine rings is 3. The normalized spacial score (nSPS) is 11.4. The fraction of sp³-hybridized carbons (Fsp3) is 0.100. The summed E-state index contributed by atoms with van der Waals surface area (Å²) >= 11 is 3.93. The van der Waals surface area contributed by atoms with E-state index in [9.17, 15) is 39.5 Å². The van der Waals surface area contributed by atoms with Crippen LogP contribution in [0.2, 0.25) is 0 Å². The molecular formula is C30H15F9IrN3S3. The van der Waals surface area contributed by atoms with Gasteiger partial charge in [0.1, 0.15) is 0 Å². The SMILES string of the molecule is FC(F)(F)c1ccnc(-c2[c-]ccs2)c1.FC(F)(F)c1ccnc(-c2[c-]ccs2)c1.FC(F)(F)c1ccnc(-c2[c-]ccs2)c1.[Ir+3]. The molecule has 0 bridgehead atoms. The standard InChI is InChI=1S/3C10H5F3NS.Ir/c3*11-10(12,13)7-3-4-14-8(6-7)9-2-1-5-15-9;/h3*1,3-6H;/q3*-1;+3. The van der Waals surface area contributed by atoms with Gasteiger partial charge in [0, 0.05) is 35.3 Å². The van der Waals surface area contributed by atoms with Gasteiger partial charge in [-0.2, -0.15) is 75.9 Å². The van der Waals surface area contributed by atoms with Crippen LogP contribution in [0.25, 0.3) is 31.7 Å². The summed E-state index contributed by atoms with van der Waals surface area (Å²) in [6.07, 6.45) is -9.50. The molecular weight excluding hydrogens is 862 g/mol. The zero-order chi connectivity index (χ0) is 32.7. The maximum Gasteiger partial charge on any atom is 3.00 e. The number of halogens is 9. The third kappa shape index (κ3) is 10.6. The summed E-state index contributed by atoms with van der Waals surface area (Å²) in [5.41, 5.74) is -1.14. The zero-order valence-electron chi connectivity index (χ0n) is 22.5. The van der Waals surface area contributed by atoms with Crippen molar-refractivity contribution in [1.82, 2.24) is 15.0 Å². The molecule has 6 aromatic heterocycles. The fourth-order valence-corrected chi connectivity index (χ4v) is 5.26. The number of hydrogen-bond acceptors (Lipinski definition) is 6. The molecule has 240 valence electrons. The predicted octanol–water partition coefficient (Wildman–Crippen LogP) is 10.9. The summed E-state index contributed by atoms with van der Waals surface area (Å²) in [6, 6.07) is 19.4. The van der Waals surface area contributed by atoms with Gasteiger partial charge in [0.05, 0.1) is 0 Å². The molecule has 3 nitrogen and oxygen atoms in total. The average molecular weight is 877 g/mol. The van der Waals surface area contributed by atoms with Crippen LogP contribution < -0.4 is 0 Å². The van der Waals surface area contributed by atoms with Crippen molar-refractivity contribution in [3.63, 3.8) is 0 Å². The maximum absolute atomic E-state index is 12.4. The molecule has 6 heterocycles. The van der Waals surface area contributed by atoms with E-state index in [0.717, 1.165) is 55.0 Å². The van der Waals surface area contributed by atoms with E-state index >= 15 is 0 Å². The molecule has 6 aromatic rings. The van der Waals surface area contributed by atoms with Gasteiger partial charge in [-0.05, 0) is 35.3 Å². The van der Waals surface area contributed by atoms with Crippen molar-refractivity contribution < 1.29 is 59.6 Å². The van der Waals surface area contributed by atoms with E-state index in [-0.39, 0.29) is 20.1 Å². The summed E-state index contributed by atoms with van der Waals surface area (Å²) in [7, 11) is 0. The Morgan fingerprint density at radius 3 is 0.913 bits per heavy atom. The van der Waals surface area contributed by atoms with Gasteiger partial charge in [0.25, 0.3) is 0 Å².